The third kappa shape index (κ3) is 3.38. The highest BCUT2D eigenvalue weighted by Gasteiger charge is 2.34. The van der Waals surface area contributed by atoms with E-state index in [0.29, 0.717) is 19.4 Å². The van der Waals surface area contributed by atoms with Crippen LogP contribution in [0.4, 0.5) is 0 Å². The Morgan fingerprint density at radius 3 is 2.78 bits per heavy atom. The van der Waals surface area contributed by atoms with Crippen molar-refractivity contribution < 1.29 is 14.6 Å². The molecule has 1 amide bonds. The molecule has 2 atom stereocenters. The predicted molar refractivity (Wildman–Crippen MR) is 80.9 cm³/mol. The third-order valence-corrected chi connectivity index (χ3v) is 4.15. The number of aliphatic hydroxyl groups excluding tert-OH is 1. The largest absolute Gasteiger partial charge is 0.394 e. The Balaban J connectivity index is 1.66. The number of aromatic nitrogens is 4. The molecule has 23 heavy (non-hydrogen) atoms. The summed E-state index contributed by atoms with van der Waals surface area (Å²) in [7, 11) is 1.63. The normalized spacial score (nSPS) is 20.9. The number of methoxy groups -OCH3 is 1. The summed E-state index contributed by atoms with van der Waals surface area (Å²) in [6.07, 6.45) is 2.49. The molecule has 1 aliphatic rings. The highest BCUT2D eigenvalue weighted by atomic mass is 16.5. The van der Waals surface area contributed by atoms with Crippen molar-refractivity contribution >= 4 is 5.91 Å². The predicted octanol–water partition coefficient (Wildman–Crippen LogP) is -0.187. The van der Waals surface area contributed by atoms with Crippen LogP contribution in [0.1, 0.15) is 12.0 Å². The van der Waals surface area contributed by atoms with E-state index in [2.05, 4.69) is 15.5 Å². The summed E-state index contributed by atoms with van der Waals surface area (Å²) in [6.45, 7) is 0.493. The van der Waals surface area contributed by atoms with Gasteiger partial charge in [0.05, 0.1) is 30.9 Å². The Bertz CT molecular complexity index is 644. The number of rotatable bonds is 5. The van der Waals surface area contributed by atoms with Gasteiger partial charge in [0.15, 0.2) is 0 Å². The number of carbonyl (C=O) groups is 1. The topological polar surface area (TPSA) is 93.4 Å². The van der Waals surface area contributed by atoms with Gasteiger partial charge in [-0.25, -0.2) is 4.68 Å². The molecule has 0 spiro atoms. The zero-order chi connectivity index (χ0) is 16.2. The molecule has 2 heterocycles. The van der Waals surface area contributed by atoms with Crippen molar-refractivity contribution in [1.82, 2.24) is 25.1 Å². The SMILES string of the molecule is CO[C@@H]1C[C@@H](CO)N(C(=O)Cc2ccc(-n3cnnn3)cc2)C1. The van der Waals surface area contributed by atoms with Gasteiger partial charge in [-0.15, -0.1) is 5.10 Å². The van der Waals surface area contributed by atoms with Crippen molar-refractivity contribution in [2.24, 2.45) is 0 Å². The summed E-state index contributed by atoms with van der Waals surface area (Å²) in [5, 5.41) is 20.4. The van der Waals surface area contributed by atoms with Gasteiger partial charge < -0.3 is 14.7 Å². The van der Waals surface area contributed by atoms with Gasteiger partial charge in [-0.05, 0) is 34.5 Å². The van der Waals surface area contributed by atoms with Crippen LogP contribution in [0.15, 0.2) is 30.6 Å². The van der Waals surface area contributed by atoms with Crippen molar-refractivity contribution in [3.05, 3.63) is 36.2 Å². The van der Waals surface area contributed by atoms with Crippen LogP contribution in [-0.4, -0.2) is 68.5 Å². The van der Waals surface area contributed by atoms with Gasteiger partial charge >= 0.3 is 0 Å². The number of ether oxygens (including phenoxy) is 1. The van der Waals surface area contributed by atoms with Crippen LogP contribution in [0.2, 0.25) is 0 Å². The number of aliphatic hydroxyl groups is 1. The van der Waals surface area contributed by atoms with Crippen molar-refractivity contribution in [2.75, 3.05) is 20.3 Å². The van der Waals surface area contributed by atoms with E-state index in [-0.39, 0.29) is 24.7 Å². The molecular weight excluding hydrogens is 298 g/mol. The van der Waals surface area contributed by atoms with Gasteiger partial charge in [-0.2, -0.15) is 0 Å². The minimum atomic E-state index is -0.159. The summed E-state index contributed by atoms with van der Waals surface area (Å²) in [4.78, 5) is 14.2. The molecule has 8 heteroatoms. The minimum absolute atomic E-state index is 0.00114. The maximum Gasteiger partial charge on any atom is 0.227 e. The number of amides is 1. The third-order valence-electron chi connectivity index (χ3n) is 4.15. The molecule has 0 saturated carbocycles. The van der Waals surface area contributed by atoms with E-state index in [9.17, 15) is 9.90 Å². The molecule has 2 aromatic rings. The Morgan fingerprint density at radius 2 is 2.17 bits per heavy atom. The van der Waals surface area contributed by atoms with Crippen molar-refractivity contribution in [2.45, 2.75) is 25.0 Å². The standard InChI is InChI=1S/C15H19N5O3/c1-23-14-7-13(9-21)19(8-14)15(22)6-11-2-4-12(5-3-11)20-10-16-17-18-20/h2-5,10,13-14,21H,6-9H2,1H3/t13-,14+/m0/s1. The van der Waals surface area contributed by atoms with Gasteiger partial charge in [0.2, 0.25) is 5.91 Å². The van der Waals surface area contributed by atoms with Gasteiger partial charge in [0.25, 0.3) is 0 Å². The van der Waals surface area contributed by atoms with E-state index in [1.165, 1.54) is 6.33 Å². The van der Waals surface area contributed by atoms with Crippen LogP contribution in [0.3, 0.4) is 0 Å². The molecule has 1 N–H and O–H groups in total. The van der Waals surface area contributed by atoms with Gasteiger partial charge in [0.1, 0.15) is 6.33 Å². The highest BCUT2D eigenvalue weighted by Crippen LogP contribution is 2.21. The maximum absolute atomic E-state index is 12.5. The molecule has 1 saturated heterocycles. The van der Waals surface area contributed by atoms with Crippen LogP contribution in [0.25, 0.3) is 5.69 Å². The molecule has 1 aromatic carbocycles. The van der Waals surface area contributed by atoms with Gasteiger partial charge in [-0.1, -0.05) is 12.1 Å². The average Bonchev–Trinajstić information content (AvgIpc) is 3.25. The lowest BCUT2D eigenvalue weighted by atomic mass is 10.1. The summed E-state index contributed by atoms with van der Waals surface area (Å²) in [6, 6.07) is 7.34. The maximum atomic E-state index is 12.5. The smallest absolute Gasteiger partial charge is 0.227 e. The fourth-order valence-electron chi connectivity index (χ4n) is 2.85. The first-order valence-electron chi connectivity index (χ1n) is 7.46. The van der Waals surface area contributed by atoms with Crippen LogP contribution in [0, 0.1) is 0 Å². The number of hydrogen-bond donors (Lipinski definition) is 1. The Hall–Kier alpha value is -2.32. The molecule has 1 fully saturated rings. The molecule has 0 radical (unpaired) electrons. The molecule has 0 bridgehead atoms. The first kappa shape index (κ1) is 15.6. The highest BCUT2D eigenvalue weighted by molar-refractivity contribution is 5.79. The second kappa shape index (κ2) is 6.84. The van der Waals surface area contributed by atoms with E-state index in [1.54, 1.807) is 16.7 Å². The number of likely N-dealkylation sites (tertiary alicyclic amines) is 1. The number of hydrogen-bond acceptors (Lipinski definition) is 6. The zero-order valence-corrected chi connectivity index (χ0v) is 12.9. The Morgan fingerprint density at radius 1 is 1.39 bits per heavy atom. The molecule has 122 valence electrons. The summed E-state index contributed by atoms with van der Waals surface area (Å²) >= 11 is 0. The second-order valence-corrected chi connectivity index (χ2v) is 5.57. The molecule has 0 aliphatic carbocycles. The van der Waals surface area contributed by atoms with Crippen molar-refractivity contribution in [3.8, 4) is 5.69 Å². The summed E-state index contributed by atoms with van der Waals surface area (Å²) in [5.41, 5.74) is 1.74. The van der Waals surface area contributed by atoms with E-state index in [4.69, 9.17) is 4.74 Å². The number of benzene rings is 1. The Kier molecular flexibility index (Phi) is 4.63. The first-order valence-corrected chi connectivity index (χ1v) is 7.46. The van der Waals surface area contributed by atoms with E-state index in [0.717, 1.165) is 11.3 Å². The van der Waals surface area contributed by atoms with Gasteiger partial charge in [0, 0.05) is 13.7 Å². The lowest BCUT2D eigenvalue weighted by molar-refractivity contribution is -0.132. The van der Waals surface area contributed by atoms with E-state index in [1.807, 2.05) is 24.3 Å². The summed E-state index contributed by atoms with van der Waals surface area (Å²) < 4.78 is 6.86. The molecule has 8 nitrogen and oxygen atoms in total. The van der Waals surface area contributed by atoms with E-state index >= 15 is 0 Å². The minimum Gasteiger partial charge on any atom is -0.394 e. The van der Waals surface area contributed by atoms with E-state index < -0.39 is 0 Å². The summed E-state index contributed by atoms with van der Waals surface area (Å²) in [5.74, 6) is -0.00114. The van der Waals surface area contributed by atoms with Gasteiger partial charge in [-0.3, -0.25) is 4.79 Å². The lowest BCUT2D eigenvalue weighted by Gasteiger charge is -2.22. The van der Waals surface area contributed by atoms with Crippen LogP contribution in [-0.2, 0) is 16.0 Å². The average molecular weight is 317 g/mol. The zero-order valence-electron chi connectivity index (χ0n) is 12.9. The fraction of sp³-hybridized carbons (Fsp3) is 0.467. The quantitative estimate of drug-likeness (QED) is 0.822. The van der Waals surface area contributed by atoms with Crippen LogP contribution in [0.5, 0.6) is 0 Å². The molecule has 1 aliphatic heterocycles. The first-order chi connectivity index (χ1) is 11.2. The molecule has 0 unspecified atom stereocenters. The van der Waals surface area contributed by atoms with Crippen LogP contribution < -0.4 is 0 Å². The monoisotopic (exact) mass is 317 g/mol. The van der Waals surface area contributed by atoms with Crippen LogP contribution >= 0.6 is 0 Å². The molecule has 3 rings (SSSR count). The van der Waals surface area contributed by atoms with Crippen molar-refractivity contribution in [1.29, 1.82) is 0 Å². The van der Waals surface area contributed by atoms with Crippen molar-refractivity contribution in [3.63, 3.8) is 0 Å². The molecular formula is C15H19N5O3. The molecule has 1 aromatic heterocycles. The Labute approximate surface area is 133 Å². The number of tetrazole rings is 1. The fourth-order valence-corrected chi connectivity index (χ4v) is 2.85. The number of nitrogens with zero attached hydrogens (tertiary/aromatic N) is 5. The second-order valence-electron chi connectivity index (χ2n) is 5.57. The lowest BCUT2D eigenvalue weighted by Crippen LogP contribution is -2.39. The number of carbonyl (C=O) groups excluding carboxylic acids is 1.